The van der Waals surface area contributed by atoms with Gasteiger partial charge < -0.3 is 11.1 Å². The average molecular weight is 185 g/mol. The second-order valence-corrected chi connectivity index (χ2v) is 2.02. The van der Waals surface area contributed by atoms with Gasteiger partial charge in [-0.15, -0.1) is 24.8 Å². The number of nitrogens with two attached hydrogens (primary N) is 1. The van der Waals surface area contributed by atoms with E-state index >= 15 is 0 Å². The zero-order valence-electron chi connectivity index (χ0n) is 5.80. The van der Waals surface area contributed by atoms with E-state index < -0.39 is 0 Å². The topological polar surface area (TPSA) is 38.0 Å². The Morgan fingerprint density at radius 3 is 2.50 bits per heavy atom. The monoisotopic (exact) mass is 184 g/mol. The van der Waals surface area contributed by atoms with Gasteiger partial charge in [0.25, 0.3) is 0 Å². The summed E-state index contributed by atoms with van der Waals surface area (Å²) in [6.45, 7) is 2.84. The summed E-state index contributed by atoms with van der Waals surface area (Å²) in [7, 11) is 0. The largest absolute Gasteiger partial charge is 0.327 e. The Hall–Kier alpha value is 0.240. The van der Waals surface area contributed by atoms with Gasteiger partial charge in [-0.1, -0.05) is 11.6 Å². The van der Waals surface area contributed by atoms with Crippen molar-refractivity contribution in [3.05, 3.63) is 11.6 Å². The van der Waals surface area contributed by atoms with Gasteiger partial charge in [0.05, 0.1) is 0 Å². The number of hydrogen-bond donors (Lipinski definition) is 2. The lowest BCUT2D eigenvalue weighted by atomic mass is 10.1. The lowest BCUT2D eigenvalue weighted by Crippen LogP contribution is -2.23. The first-order valence-electron chi connectivity index (χ1n) is 3.02. The highest BCUT2D eigenvalue weighted by Gasteiger charge is 1.97. The fourth-order valence-corrected chi connectivity index (χ4v) is 0.855. The van der Waals surface area contributed by atoms with Gasteiger partial charge in [-0.25, -0.2) is 0 Å². The molecule has 0 aliphatic carbocycles. The first-order chi connectivity index (χ1) is 3.93. The van der Waals surface area contributed by atoms with Gasteiger partial charge in [0, 0.05) is 13.1 Å². The first-order valence-corrected chi connectivity index (χ1v) is 3.02. The smallest absolute Gasteiger partial charge is 0.0138 e. The van der Waals surface area contributed by atoms with Gasteiger partial charge in [-0.05, 0) is 13.0 Å². The first kappa shape index (κ1) is 12.9. The number of rotatable bonds is 1. The summed E-state index contributed by atoms with van der Waals surface area (Å²) in [5.74, 6) is 0. The highest BCUT2D eigenvalue weighted by Crippen LogP contribution is 1.99. The molecule has 1 rings (SSSR count). The molecule has 0 aromatic rings. The average Bonchev–Trinajstić information content (AvgIpc) is 1.90. The van der Waals surface area contributed by atoms with Gasteiger partial charge in [-0.2, -0.15) is 0 Å². The summed E-state index contributed by atoms with van der Waals surface area (Å²) in [6, 6.07) is 0. The molecule has 10 heavy (non-hydrogen) atoms. The molecule has 1 heterocycles. The van der Waals surface area contributed by atoms with Gasteiger partial charge in [-0.3, -0.25) is 0 Å². The highest BCUT2D eigenvalue weighted by atomic mass is 35.5. The molecule has 1 aliphatic heterocycles. The quantitative estimate of drug-likeness (QED) is 0.590. The van der Waals surface area contributed by atoms with Crippen molar-refractivity contribution in [3.63, 3.8) is 0 Å². The lowest BCUT2D eigenvalue weighted by Gasteiger charge is -2.10. The van der Waals surface area contributed by atoms with Crippen LogP contribution < -0.4 is 11.1 Å². The molecule has 0 saturated heterocycles. The molecule has 62 valence electrons. The van der Waals surface area contributed by atoms with Gasteiger partial charge in [0.1, 0.15) is 0 Å². The molecule has 0 aromatic heterocycles. The van der Waals surface area contributed by atoms with Crippen LogP contribution in [0.3, 0.4) is 0 Å². The van der Waals surface area contributed by atoms with Crippen LogP contribution in [-0.2, 0) is 0 Å². The standard InChI is InChI=1S/C6H12N2.2ClH/c7-5-6-1-3-8-4-2-6;;/h1,8H,2-5,7H2;2*1H. The fraction of sp³-hybridized carbons (Fsp3) is 0.667. The van der Waals surface area contributed by atoms with Gasteiger partial charge in [0.15, 0.2) is 0 Å². The van der Waals surface area contributed by atoms with Crippen LogP contribution in [0.5, 0.6) is 0 Å². The summed E-state index contributed by atoms with van der Waals surface area (Å²) in [4.78, 5) is 0. The number of halogens is 2. The highest BCUT2D eigenvalue weighted by molar-refractivity contribution is 5.85. The van der Waals surface area contributed by atoms with Gasteiger partial charge in [0.2, 0.25) is 0 Å². The molecule has 1 aliphatic rings. The zero-order valence-corrected chi connectivity index (χ0v) is 7.43. The third-order valence-corrected chi connectivity index (χ3v) is 1.42. The molecule has 4 heteroatoms. The third-order valence-electron chi connectivity index (χ3n) is 1.42. The number of nitrogens with one attached hydrogen (secondary N) is 1. The van der Waals surface area contributed by atoms with Crippen molar-refractivity contribution in [1.82, 2.24) is 5.32 Å². The Balaban J connectivity index is 0. The fourth-order valence-electron chi connectivity index (χ4n) is 0.855. The van der Waals surface area contributed by atoms with E-state index in [1.807, 2.05) is 0 Å². The number of hydrogen-bond acceptors (Lipinski definition) is 2. The maximum Gasteiger partial charge on any atom is 0.0138 e. The van der Waals surface area contributed by atoms with E-state index in [-0.39, 0.29) is 24.8 Å². The second kappa shape index (κ2) is 7.35. The Morgan fingerprint density at radius 2 is 2.20 bits per heavy atom. The van der Waals surface area contributed by atoms with Crippen molar-refractivity contribution >= 4 is 24.8 Å². The minimum atomic E-state index is 0. The van der Waals surface area contributed by atoms with E-state index in [0.717, 1.165) is 26.1 Å². The van der Waals surface area contributed by atoms with Crippen LogP contribution in [0.4, 0.5) is 0 Å². The SMILES string of the molecule is Cl.Cl.NCC1=CCNCC1. The molecule has 0 saturated carbocycles. The van der Waals surface area contributed by atoms with Crippen LogP contribution in [0.2, 0.25) is 0 Å². The van der Waals surface area contributed by atoms with E-state index in [1.54, 1.807) is 0 Å². The predicted octanol–water partition coefficient (Wildman–Crippen LogP) is 0.708. The van der Waals surface area contributed by atoms with Crippen LogP contribution in [-0.4, -0.2) is 19.6 Å². The van der Waals surface area contributed by atoms with E-state index in [9.17, 15) is 0 Å². The predicted molar refractivity (Wildman–Crippen MR) is 49.1 cm³/mol. The maximum atomic E-state index is 5.41. The normalized spacial score (nSPS) is 16.3. The van der Waals surface area contributed by atoms with Crippen molar-refractivity contribution in [2.24, 2.45) is 5.73 Å². The molecule has 0 bridgehead atoms. The molecular formula is C6H14Cl2N2. The van der Waals surface area contributed by atoms with Crippen molar-refractivity contribution in [1.29, 1.82) is 0 Å². The van der Waals surface area contributed by atoms with Crippen LogP contribution >= 0.6 is 24.8 Å². The molecule has 0 fully saturated rings. The molecule has 2 nitrogen and oxygen atoms in total. The minimum Gasteiger partial charge on any atom is -0.327 e. The zero-order chi connectivity index (χ0) is 5.82. The Bertz CT molecular complexity index is 104. The minimum absolute atomic E-state index is 0. The van der Waals surface area contributed by atoms with E-state index in [2.05, 4.69) is 11.4 Å². The summed E-state index contributed by atoms with van der Waals surface area (Å²) in [6.07, 6.45) is 3.31. The van der Waals surface area contributed by atoms with Crippen LogP contribution in [0.1, 0.15) is 6.42 Å². The molecule has 0 atom stereocenters. The van der Waals surface area contributed by atoms with Crippen molar-refractivity contribution in [3.8, 4) is 0 Å². The van der Waals surface area contributed by atoms with Crippen molar-refractivity contribution in [2.75, 3.05) is 19.6 Å². The Morgan fingerprint density at radius 1 is 1.50 bits per heavy atom. The second-order valence-electron chi connectivity index (χ2n) is 2.02. The van der Waals surface area contributed by atoms with E-state index in [4.69, 9.17) is 5.73 Å². The molecule has 0 radical (unpaired) electrons. The van der Waals surface area contributed by atoms with Crippen LogP contribution in [0.25, 0.3) is 0 Å². The third kappa shape index (κ3) is 4.12. The van der Waals surface area contributed by atoms with Crippen molar-refractivity contribution in [2.45, 2.75) is 6.42 Å². The Labute approximate surface area is 74.1 Å². The molecule has 0 amide bonds. The molecular weight excluding hydrogens is 171 g/mol. The van der Waals surface area contributed by atoms with Crippen LogP contribution in [0.15, 0.2) is 11.6 Å². The summed E-state index contributed by atoms with van der Waals surface area (Å²) < 4.78 is 0. The van der Waals surface area contributed by atoms with E-state index in [0.29, 0.717) is 0 Å². The summed E-state index contributed by atoms with van der Waals surface area (Å²) in [5.41, 5.74) is 6.80. The maximum absolute atomic E-state index is 5.41. The molecule has 3 N–H and O–H groups in total. The van der Waals surface area contributed by atoms with Crippen LogP contribution in [0, 0.1) is 0 Å². The van der Waals surface area contributed by atoms with E-state index in [1.165, 1.54) is 5.57 Å². The summed E-state index contributed by atoms with van der Waals surface area (Å²) >= 11 is 0. The molecule has 0 aromatic carbocycles. The van der Waals surface area contributed by atoms with Crippen molar-refractivity contribution < 1.29 is 0 Å². The lowest BCUT2D eigenvalue weighted by molar-refractivity contribution is 0.694. The van der Waals surface area contributed by atoms with Gasteiger partial charge >= 0.3 is 0 Å². The Kier molecular flexibility index (Phi) is 9.46. The molecule has 0 spiro atoms. The molecule has 0 unspecified atom stereocenters. The summed E-state index contributed by atoms with van der Waals surface area (Å²) in [5, 5.41) is 3.22.